The van der Waals surface area contributed by atoms with Crippen molar-refractivity contribution in [1.29, 1.82) is 0 Å². The Hall–Kier alpha value is -1.55. The molecule has 17 heavy (non-hydrogen) atoms. The van der Waals surface area contributed by atoms with Crippen LogP contribution in [0.2, 0.25) is 0 Å². The Kier molecular flexibility index (Phi) is 3.07. The standard InChI is InChI=1S/C13H17NO3/c1-9-3-4-11(5-10(9)2)17-13(6-12(15)16)7-14-8-13/h3-5,14H,6-8H2,1-2H3,(H,15,16). The van der Waals surface area contributed by atoms with E-state index in [1.54, 1.807) is 0 Å². The minimum Gasteiger partial charge on any atom is -0.484 e. The van der Waals surface area contributed by atoms with Crippen LogP contribution < -0.4 is 10.1 Å². The molecule has 1 saturated heterocycles. The van der Waals surface area contributed by atoms with Crippen LogP contribution in [0, 0.1) is 13.8 Å². The van der Waals surface area contributed by atoms with Crippen LogP contribution in [0.3, 0.4) is 0 Å². The molecule has 1 aromatic carbocycles. The second-order valence-electron chi connectivity index (χ2n) is 4.71. The summed E-state index contributed by atoms with van der Waals surface area (Å²) in [7, 11) is 0. The van der Waals surface area contributed by atoms with Gasteiger partial charge >= 0.3 is 5.97 Å². The molecule has 0 spiro atoms. The highest BCUT2D eigenvalue weighted by Crippen LogP contribution is 2.26. The van der Waals surface area contributed by atoms with Crippen molar-refractivity contribution in [2.45, 2.75) is 25.9 Å². The van der Waals surface area contributed by atoms with Crippen LogP contribution in [0.4, 0.5) is 0 Å². The minimum atomic E-state index is -0.824. The molecule has 0 amide bonds. The number of aryl methyl sites for hydroxylation is 2. The zero-order chi connectivity index (χ0) is 12.5. The Morgan fingerprint density at radius 1 is 1.41 bits per heavy atom. The molecule has 92 valence electrons. The van der Waals surface area contributed by atoms with Crippen LogP contribution in [0.15, 0.2) is 18.2 Å². The third-order valence-electron chi connectivity index (χ3n) is 3.18. The van der Waals surface area contributed by atoms with Crippen LogP contribution >= 0.6 is 0 Å². The fourth-order valence-corrected chi connectivity index (χ4v) is 1.94. The highest BCUT2D eigenvalue weighted by Gasteiger charge is 2.41. The van der Waals surface area contributed by atoms with Gasteiger partial charge in [0.25, 0.3) is 0 Å². The molecule has 2 rings (SSSR count). The van der Waals surface area contributed by atoms with E-state index < -0.39 is 11.6 Å². The first-order valence-corrected chi connectivity index (χ1v) is 5.70. The van der Waals surface area contributed by atoms with Crippen molar-refractivity contribution >= 4 is 5.97 Å². The van der Waals surface area contributed by atoms with Crippen LogP contribution in [-0.4, -0.2) is 29.8 Å². The summed E-state index contributed by atoms with van der Waals surface area (Å²) in [6.45, 7) is 5.24. The first-order chi connectivity index (χ1) is 8.01. The molecule has 1 heterocycles. The number of ether oxygens (including phenoxy) is 1. The lowest BCUT2D eigenvalue weighted by atomic mass is 9.92. The molecule has 0 saturated carbocycles. The normalized spacial score (nSPS) is 17.3. The second-order valence-corrected chi connectivity index (χ2v) is 4.71. The monoisotopic (exact) mass is 235 g/mol. The molecule has 4 nitrogen and oxygen atoms in total. The summed E-state index contributed by atoms with van der Waals surface area (Å²) in [4.78, 5) is 10.8. The number of carbonyl (C=O) groups is 1. The lowest BCUT2D eigenvalue weighted by Crippen LogP contribution is -2.64. The van der Waals surface area contributed by atoms with Gasteiger partial charge in [-0.05, 0) is 37.1 Å². The van der Waals surface area contributed by atoms with Crippen molar-refractivity contribution in [1.82, 2.24) is 5.32 Å². The predicted octanol–water partition coefficient (Wildman–Crippen LogP) is 1.50. The van der Waals surface area contributed by atoms with Crippen molar-refractivity contribution in [3.05, 3.63) is 29.3 Å². The van der Waals surface area contributed by atoms with Crippen molar-refractivity contribution in [3.63, 3.8) is 0 Å². The highest BCUT2D eigenvalue weighted by molar-refractivity contribution is 5.68. The zero-order valence-corrected chi connectivity index (χ0v) is 10.1. The van der Waals surface area contributed by atoms with E-state index in [0.29, 0.717) is 13.1 Å². The number of benzene rings is 1. The van der Waals surface area contributed by atoms with E-state index in [0.717, 1.165) is 11.3 Å². The van der Waals surface area contributed by atoms with Gasteiger partial charge in [-0.15, -0.1) is 0 Å². The van der Waals surface area contributed by atoms with Crippen LogP contribution in [0.1, 0.15) is 17.5 Å². The first kappa shape index (κ1) is 11.9. The summed E-state index contributed by atoms with van der Waals surface area (Å²) in [5, 5.41) is 11.9. The van der Waals surface area contributed by atoms with E-state index in [2.05, 4.69) is 5.32 Å². The van der Waals surface area contributed by atoms with Gasteiger partial charge in [0.15, 0.2) is 0 Å². The zero-order valence-electron chi connectivity index (χ0n) is 10.1. The van der Waals surface area contributed by atoms with Gasteiger partial charge in [-0.3, -0.25) is 4.79 Å². The van der Waals surface area contributed by atoms with E-state index in [1.165, 1.54) is 5.56 Å². The van der Waals surface area contributed by atoms with Gasteiger partial charge in [-0.2, -0.15) is 0 Å². The maximum Gasteiger partial charge on any atom is 0.307 e. The molecule has 0 unspecified atom stereocenters. The Labute approximate surface area is 101 Å². The molecule has 1 aliphatic rings. The van der Waals surface area contributed by atoms with E-state index >= 15 is 0 Å². The number of hydrogen-bond acceptors (Lipinski definition) is 3. The van der Waals surface area contributed by atoms with Crippen molar-refractivity contribution in [2.75, 3.05) is 13.1 Å². The number of nitrogens with one attached hydrogen (secondary N) is 1. The quantitative estimate of drug-likeness (QED) is 0.830. The molecule has 0 aromatic heterocycles. The van der Waals surface area contributed by atoms with E-state index in [9.17, 15) is 4.79 Å². The summed E-state index contributed by atoms with van der Waals surface area (Å²) in [5.74, 6) is -0.0776. The number of aliphatic carboxylic acids is 1. The molecule has 1 aliphatic heterocycles. The lowest BCUT2D eigenvalue weighted by Gasteiger charge is -2.41. The molecular weight excluding hydrogens is 218 g/mol. The molecule has 0 radical (unpaired) electrons. The summed E-state index contributed by atoms with van der Waals surface area (Å²) in [6, 6.07) is 5.84. The van der Waals surface area contributed by atoms with E-state index in [1.807, 2.05) is 32.0 Å². The molecule has 0 aliphatic carbocycles. The smallest absolute Gasteiger partial charge is 0.307 e. The summed E-state index contributed by atoms with van der Waals surface area (Å²) < 4.78 is 5.84. The van der Waals surface area contributed by atoms with Gasteiger partial charge in [0.05, 0.1) is 6.42 Å². The number of hydrogen-bond donors (Lipinski definition) is 2. The third kappa shape index (κ3) is 2.58. The van der Waals surface area contributed by atoms with Crippen molar-refractivity contribution in [3.8, 4) is 5.75 Å². The molecule has 0 bridgehead atoms. The SMILES string of the molecule is Cc1ccc(OC2(CC(=O)O)CNC2)cc1C. The Balaban J connectivity index is 2.13. The summed E-state index contributed by atoms with van der Waals surface area (Å²) >= 11 is 0. The number of carboxylic acid groups (broad SMARTS) is 1. The van der Waals surface area contributed by atoms with Crippen molar-refractivity contribution in [2.24, 2.45) is 0 Å². The maximum absolute atomic E-state index is 10.8. The largest absolute Gasteiger partial charge is 0.484 e. The maximum atomic E-state index is 10.8. The topological polar surface area (TPSA) is 58.6 Å². The van der Waals surface area contributed by atoms with Gasteiger partial charge in [-0.1, -0.05) is 6.07 Å². The summed E-state index contributed by atoms with van der Waals surface area (Å²) in [5.41, 5.74) is 1.78. The molecule has 1 fully saturated rings. The van der Waals surface area contributed by atoms with Gasteiger partial charge < -0.3 is 15.2 Å². The fourth-order valence-electron chi connectivity index (χ4n) is 1.94. The van der Waals surface area contributed by atoms with Crippen LogP contribution in [0.5, 0.6) is 5.75 Å². The third-order valence-corrected chi connectivity index (χ3v) is 3.18. The van der Waals surface area contributed by atoms with Crippen LogP contribution in [0.25, 0.3) is 0 Å². The van der Waals surface area contributed by atoms with Crippen molar-refractivity contribution < 1.29 is 14.6 Å². The molecule has 1 aromatic rings. The Morgan fingerprint density at radius 3 is 2.59 bits per heavy atom. The molecular formula is C13H17NO3. The van der Waals surface area contributed by atoms with Crippen LogP contribution in [-0.2, 0) is 4.79 Å². The Morgan fingerprint density at radius 2 is 2.12 bits per heavy atom. The Bertz CT molecular complexity index is 438. The predicted molar refractivity (Wildman–Crippen MR) is 64.4 cm³/mol. The fraction of sp³-hybridized carbons (Fsp3) is 0.462. The lowest BCUT2D eigenvalue weighted by molar-refractivity contribution is -0.143. The van der Waals surface area contributed by atoms with Gasteiger partial charge in [-0.25, -0.2) is 0 Å². The molecule has 0 atom stereocenters. The average Bonchev–Trinajstić information content (AvgIpc) is 2.19. The highest BCUT2D eigenvalue weighted by atomic mass is 16.5. The summed E-state index contributed by atoms with van der Waals surface area (Å²) in [6.07, 6.45) is 0.0346. The van der Waals surface area contributed by atoms with Gasteiger partial charge in [0, 0.05) is 13.1 Å². The minimum absolute atomic E-state index is 0.0346. The molecule has 4 heteroatoms. The first-order valence-electron chi connectivity index (χ1n) is 5.70. The molecule has 2 N–H and O–H groups in total. The average molecular weight is 235 g/mol. The number of carboxylic acids is 1. The van der Waals surface area contributed by atoms with E-state index in [4.69, 9.17) is 9.84 Å². The number of rotatable bonds is 4. The second kappa shape index (κ2) is 4.37. The van der Waals surface area contributed by atoms with Gasteiger partial charge in [0.1, 0.15) is 11.4 Å². The van der Waals surface area contributed by atoms with E-state index in [-0.39, 0.29) is 6.42 Å². The van der Waals surface area contributed by atoms with Gasteiger partial charge in [0.2, 0.25) is 0 Å².